The summed E-state index contributed by atoms with van der Waals surface area (Å²) < 4.78 is 0. The fourth-order valence-corrected chi connectivity index (χ4v) is 2.57. The van der Waals surface area contributed by atoms with E-state index in [4.69, 9.17) is 5.73 Å². The molecule has 17 heavy (non-hydrogen) atoms. The molecule has 2 aromatic rings. The van der Waals surface area contributed by atoms with Crippen LogP contribution < -0.4 is 11.1 Å². The van der Waals surface area contributed by atoms with Crippen LogP contribution in [0.5, 0.6) is 0 Å². The zero-order chi connectivity index (χ0) is 12.0. The molecule has 1 atom stereocenters. The number of fused-ring (bicyclic) bond motifs is 1. The molecule has 3 rings (SSSR count). The number of carbonyl (C=O) groups is 1. The third-order valence-electron chi connectivity index (χ3n) is 2.99. The van der Waals surface area contributed by atoms with Crippen LogP contribution in [0.15, 0.2) is 23.6 Å². The van der Waals surface area contributed by atoms with Gasteiger partial charge in [0.25, 0.3) is 0 Å². The van der Waals surface area contributed by atoms with E-state index in [0.29, 0.717) is 5.13 Å². The SMILES string of the molecule is C[C@@H]1C(=O)Nc2ccc(-c3csc(N)n3)cc21. The summed E-state index contributed by atoms with van der Waals surface area (Å²) >= 11 is 1.42. The minimum absolute atomic E-state index is 0.0509. The summed E-state index contributed by atoms with van der Waals surface area (Å²) in [6, 6.07) is 5.87. The molecule has 3 N–H and O–H groups in total. The summed E-state index contributed by atoms with van der Waals surface area (Å²) in [5, 5.41) is 5.33. The number of thiazole rings is 1. The summed E-state index contributed by atoms with van der Waals surface area (Å²) in [5.41, 5.74) is 9.41. The van der Waals surface area contributed by atoms with Crippen LogP contribution in [0, 0.1) is 0 Å². The Morgan fingerprint density at radius 3 is 3.00 bits per heavy atom. The average Bonchev–Trinajstić information content (AvgIpc) is 2.85. The Morgan fingerprint density at radius 2 is 2.29 bits per heavy atom. The van der Waals surface area contributed by atoms with Gasteiger partial charge in [0.1, 0.15) is 0 Å². The van der Waals surface area contributed by atoms with E-state index in [-0.39, 0.29) is 11.8 Å². The number of benzene rings is 1. The Morgan fingerprint density at radius 1 is 1.47 bits per heavy atom. The molecule has 1 aromatic heterocycles. The predicted octanol–water partition coefficient (Wildman–Crippen LogP) is 2.45. The van der Waals surface area contributed by atoms with E-state index >= 15 is 0 Å². The summed E-state index contributed by atoms with van der Waals surface area (Å²) in [4.78, 5) is 15.8. The van der Waals surface area contributed by atoms with Crippen LogP contribution in [-0.4, -0.2) is 10.9 Å². The maximum Gasteiger partial charge on any atom is 0.231 e. The van der Waals surface area contributed by atoms with E-state index in [1.807, 2.05) is 30.5 Å². The van der Waals surface area contributed by atoms with Crippen molar-refractivity contribution in [1.29, 1.82) is 0 Å². The number of aromatic nitrogens is 1. The van der Waals surface area contributed by atoms with Crippen LogP contribution in [0.1, 0.15) is 18.4 Å². The molecule has 2 heterocycles. The lowest BCUT2D eigenvalue weighted by molar-refractivity contribution is -0.116. The third-order valence-corrected chi connectivity index (χ3v) is 3.66. The van der Waals surface area contributed by atoms with E-state index in [9.17, 15) is 4.79 Å². The second-order valence-corrected chi connectivity index (χ2v) is 4.97. The number of carbonyl (C=O) groups excluding carboxylic acids is 1. The number of hydrogen-bond donors (Lipinski definition) is 2. The molecule has 5 heteroatoms. The third kappa shape index (κ3) is 1.59. The first-order chi connectivity index (χ1) is 8.15. The zero-order valence-electron chi connectivity index (χ0n) is 9.23. The molecule has 0 fully saturated rings. The fraction of sp³-hybridized carbons (Fsp3) is 0.167. The highest BCUT2D eigenvalue weighted by Gasteiger charge is 2.26. The van der Waals surface area contributed by atoms with Gasteiger partial charge in [0.05, 0.1) is 11.6 Å². The van der Waals surface area contributed by atoms with Crippen molar-refractivity contribution in [1.82, 2.24) is 4.98 Å². The number of amides is 1. The van der Waals surface area contributed by atoms with E-state index in [0.717, 1.165) is 22.5 Å². The van der Waals surface area contributed by atoms with Crippen molar-refractivity contribution in [2.24, 2.45) is 0 Å². The zero-order valence-corrected chi connectivity index (χ0v) is 10.0. The van der Waals surface area contributed by atoms with Gasteiger partial charge >= 0.3 is 0 Å². The molecule has 0 bridgehead atoms. The topological polar surface area (TPSA) is 68.0 Å². The molecular weight excluding hydrogens is 234 g/mol. The van der Waals surface area contributed by atoms with Gasteiger partial charge in [0.15, 0.2) is 5.13 Å². The first kappa shape index (κ1) is 10.3. The number of nitrogens with one attached hydrogen (secondary N) is 1. The van der Waals surface area contributed by atoms with Crippen molar-refractivity contribution in [2.75, 3.05) is 11.1 Å². The molecule has 4 nitrogen and oxygen atoms in total. The molecule has 0 radical (unpaired) electrons. The number of nitrogen functional groups attached to an aromatic ring is 1. The number of nitrogens with zero attached hydrogens (tertiary/aromatic N) is 1. The molecule has 0 unspecified atom stereocenters. The van der Waals surface area contributed by atoms with Crippen LogP contribution in [0.3, 0.4) is 0 Å². The van der Waals surface area contributed by atoms with Crippen LogP contribution >= 0.6 is 11.3 Å². The van der Waals surface area contributed by atoms with Crippen LogP contribution in [0.25, 0.3) is 11.3 Å². The van der Waals surface area contributed by atoms with Crippen LogP contribution in [0.2, 0.25) is 0 Å². The van der Waals surface area contributed by atoms with E-state index in [1.165, 1.54) is 11.3 Å². The van der Waals surface area contributed by atoms with Gasteiger partial charge in [-0.3, -0.25) is 4.79 Å². The van der Waals surface area contributed by atoms with Crippen molar-refractivity contribution in [3.8, 4) is 11.3 Å². The molecule has 1 aliphatic heterocycles. The van der Waals surface area contributed by atoms with Gasteiger partial charge in [-0.1, -0.05) is 6.07 Å². The van der Waals surface area contributed by atoms with Crippen molar-refractivity contribution in [3.63, 3.8) is 0 Å². The fourth-order valence-electron chi connectivity index (χ4n) is 2.00. The number of rotatable bonds is 1. The highest BCUT2D eigenvalue weighted by molar-refractivity contribution is 7.13. The predicted molar refractivity (Wildman–Crippen MR) is 69.0 cm³/mol. The molecule has 1 aromatic carbocycles. The van der Waals surface area contributed by atoms with E-state index in [2.05, 4.69) is 10.3 Å². The van der Waals surface area contributed by atoms with Crippen LogP contribution in [-0.2, 0) is 4.79 Å². The number of hydrogen-bond acceptors (Lipinski definition) is 4. The lowest BCUT2D eigenvalue weighted by atomic mass is 10.00. The maximum atomic E-state index is 11.5. The Kier molecular flexibility index (Phi) is 2.16. The van der Waals surface area contributed by atoms with Gasteiger partial charge in [-0.25, -0.2) is 4.98 Å². The number of anilines is 2. The van der Waals surface area contributed by atoms with Gasteiger partial charge in [-0.05, 0) is 24.6 Å². The standard InChI is InChI=1S/C12H11N3OS/c1-6-8-4-7(10-5-17-12(13)15-10)2-3-9(8)14-11(6)16/h2-6H,1H3,(H2,13,15)(H,14,16)/t6-/m0/s1. The summed E-state index contributed by atoms with van der Waals surface area (Å²) in [7, 11) is 0. The monoisotopic (exact) mass is 245 g/mol. The summed E-state index contributed by atoms with van der Waals surface area (Å²) in [5.74, 6) is -0.0455. The quantitative estimate of drug-likeness (QED) is 0.810. The molecule has 0 saturated heterocycles. The Hall–Kier alpha value is -1.88. The first-order valence-electron chi connectivity index (χ1n) is 5.31. The highest BCUT2D eigenvalue weighted by Crippen LogP contribution is 2.35. The minimum Gasteiger partial charge on any atom is -0.375 e. The maximum absolute atomic E-state index is 11.5. The Bertz CT molecular complexity index is 606. The smallest absolute Gasteiger partial charge is 0.231 e. The summed E-state index contributed by atoms with van der Waals surface area (Å²) in [6.07, 6.45) is 0. The van der Waals surface area contributed by atoms with Gasteiger partial charge < -0.3 is 11.1 Å². The Balaban J connectivity index is 2.08. The van der Waals surface area contributed by atoms with Gasteiger partial charge in [-0.15, -0.1) is 11.3 Å². The lowest BCUT2D eigenvalue weighted by Crippen LogP contribution is -2.08. The lowest BCUT2D eigenvalue weighted by Gasteiger charge is -2.03. The molecule has 0 aliphatic carbocycles. The molecule has 86 valence electrons. The van der Waals surface area contributed by atoms with Gasteiger partial charge in [0.2, 0.25) is 5.91 Å². The average molecular weight is 245 g/mol. The first-order valence-corrected chi connectivity index (χ1v) is 6.19. The Labute approximate surface area is 102 Å². The minimum atomic E-state index is -0.0964. The normalized spacial score (nSPS) is 17.9. The number of nitrogens with two attached hydrogens (primary N) is 1. The molecule has 1 aliphatic rings. The molecule has 1 amide bonds. The molecule has 0 saturated carbocycles. The largest absolute Gasteiger partial charge is 0.375 e. The van der Waals surface area contributed by atoms with Gasteiger partial charge in [0, 0.05) is 16.6 Å². The van der Waals surface area contributed by atoms with Crippen molar-refractivity contribution in [2.45, 2.75) is 12.8 Å². The van der Waals surface area contributed by atoms with E-state index < -0.39 is 0 Å². The second-order valence-electron chi connectivity index (χ2n) is 4.08. The van der Waals surface area contributed by atoms with Crippen molar-refractivity contribution < 1.29 is 4.79 Å². The van der Waals surface area contributed by atoms with E-state index in [1.54, 1.807) is 0 Å². The summed E-state index contributed by atoms with van der Waals surface area (Å²) in [6.45, 7) is 1.90. The van der Waals surface area contributed by atoms with Crippen molar-refractivity contribution in [3.05, 3.63) is 29.1 Å². The molecular formula is C12H11N3OS. The van der Waals surface area contributed by atoms with Crippen molar-refractivity contribution >= 4 is 28.1 Å². The molecule has 0 spiro atoms. The van der Waals surface area contributed by atoms with Gasteiger partial charge in [-0.2, -0.15) is 0 Å². The highest BCUT2D eigenvalue weighted by atomic mass is 32.1. The van der Waals surface area contributed by atoms with Crippen LogP contribution in [0.4, 0.5) is 10.8 Å². The second kappa shape index (κ2) is 3.56.